The van der Waals surface area contributed by atoms with Crippen molar-refractivity contribution in [1.29, 1.82) is 0 Å². The maximum atomic E-state index is 12.6. The fourth-order valence-corrected chi connectivity index (χ4v) is 5.91. The topological polar surface area (TPSA) is 52.7 Å². The van der Waals surface area contributed by atoms with Crippen LogP contribution in [0.2, 0.25) is 0 Å². The molecule has 7 heteroatoms. The fraction of sp³-hybridized carbons (Fsp3) is 1.00. The standard InChI is InChI=1S/C15H29N3O2S.ClH/c19-21(20,13-14-4-2-1-3-5-14)18-10-8-17(9-11-18)15-6-7-16-12-15;/h14-16H,1-13H2;1H. The SMILES string of the molecule is Cl.O=S(=O)(CC1CCCCC1)N1CCN(C2CCNC2)CC1. The Balaban J connectivity index is 0.00000176. The lowest BCUT2D eigenvalue weighted by Gasteiger charge is -2.37. The largest absolute Gasteiger partial charge is 0.315 e. The van der Waals surface area contributed by atoms with Gasteiger partial charge in [-0.3, -0.25) is 4.90 Å². The highest BCUT2D eigenvalue weighted by Crippen LogP contribution is 2.26. The molecule has 0 aromatic rings. The van der Waals surface area contributed by atoms with Gasteiger partial charge in [-0.2, -0.15) is 4.31 Å². The Morgan fingerprint density at radius 2 is 1.64 bits per heavy atom. The number of halogens is 1. The Morgan fingerprint density at radius 1 is 0.955 bits per heavy atom. The molecule has 0 aromatic carbocycles. The van der Waals surface area contributed by atoms with Gasteiger partial charge in [0, 0.05) is 38.8 Å². The maximum Gasteiger partial charge on any atom is 0.214 e. The van der Waals surface area contributed by atoms with Crippen LogP contribution in [-0.4, -0.2) is 68.7 Å². The Morgan fingerprint density at radius 3 is 2.23 bits per heavy atom. The van der Waals surface area contributed by atoms with E-state index in [-0.39, 0.29) is 12.4 Å². The molecule has 130 valence electrons. The molecule has 5 nitrogen and oxygen atoms in total. The van der Waals surface area contributed by atoms with E-state index >= 15 is 0 Å². The van der Waals surface area contributed by atoms with Gasteiger partial charge in [0.15, 0.2) is 0 Å². The summed E-state index contributed by atoms with van der Waals surface area (Å²) in [5.74, 6) is 0.790. The monoisotopic (exact) mass is 351 g/mol. The van der Waals surface area contributed by atoms with Gasteiger partial charge in [0.2, 0.25) is 10.0 Å². The normalized spacial score (nSPS) is 29.4. The highest BCUT2D eigenvalue weighted by Gasteiger charge is 2.32. The van der Waals surface area contributed by atoms with Crippen molar-refractivity contribution in [3.63, 3.8) is 0 Å². The van der Waals surface area contributed by atoms with Crippen LogP contribution in [-0.2, 0) is 10.0 Å². The highest BCUT2D eigenvalue weighted by atomic mass is 35.5. The van der Waals surface area contributed by atoms with Gasteiger partial charge >= 0.3 is 0 Å². The third kappa shape index (κ3) is 4.57. The molecular weight excluding hydrogens is 322 g/mol. The number of rotatable bonds is 4. The van der Waals surface area contributed by atoms with Crippen molar-refractivity contribution in [2.75, 3.05) is 45.0 Å². The molecule has 3 aliphatic rings. The molecule has 0 aromatic heterocycles. The summed E-state index contributed by atoms with van der Waals surface area (Å²) in [5, 5.41) is 3.39. The zero-order chi connectivity index (χ0) is 14.7. The van der Waals surface area contributed by atoms with Crippen molar-refractivity contribution >= 4 is 22.4 Å². The molecule has 3 rings (SSSR count). The zero-order valence-corrected chi connectivity index (χ0v) is 15.0. The average molecular weight is 352 g/mol. The lowest BCUT2D eigenvalue weighted by molar-refractivity contribution is 0.145. The van der Waals surface area contributed by atoms with Gasteiger partial charge in [0.1, 0.15) is 0 Å². The summed E-state index contributed by atoms with van der Waals surface area (Å²) >= 11 is 0. The van der Waals surface area contributed by atoms with E-state index in [1.54, 1.807) is 4.31 Å². The van der Waals surface area contributed by atoms with Crippen LogP contribution in [0, 0.1) is 5.92 Å². The van der Waals surface area contributed by atoms with E-state index in [2.05, 4.69) is 10.2 Å². The van der Waals surface area contributed by atoms with Crippen LogP contribution in [0.25, 0.3) is 0 Å². The predicted molar refractivity (Wildman–Crippen MR) is 92.0 cm³/mol. The first kappa shape index (κ1) is 18.5. The zero-order valence-electron chi connectivity index (χ0n) is 13.4. The summed E-state index contributed by atoms with van der Waals surface area (Å²) in [5.41, 5.74) is 0. The first-order valence-corrected chi connectivity index (χ1v) is 10.2. The Kier molecular flexibility index (Phi) is 6.95. The first-order chi connectivity index (χ1) is 10.1. The van der Waals surface area contributed by atoms with E-state index in [0.29, 0.717) is 30.8 Å². The minimum atomic E-state index is -3.04. The Hall–Kier alpha value is 0.120. The lowest BCUT2D eigenvalue weighted by atomic mass is 9.91. The smallest absolute Gasteiger partial charge is 0.214 e. The first-order valence-electron chi connectivity index (χ1n) is 8.58. The summed E-state index contributed by atoms with van der Waals surface area (Å²) in [6.07, 6.45) is 7.12. The van der Waals surface area contributed by atoms with Gasteiger partial charge in [-0.25, -0.2) is 8.42 Å². The van der Waals surface area contributed by atoms with Gasteiger partial charge in [-0.1, -0.05) is 19.3 Å². The summed E-state index contributed by atoms with van der Waals surface area (Å²) < 4.78 is 26.9. The molecule has 1 N–H and O–H groups in total. The number of hydrogen-bond donors (Lipinski definition) is 1. The molecule has 0 spiro atoms. The van der Waals surface area contributed by atoms with Gasteiger partial charge < -0.3 is 5.32 Å². The van der Waals surface area contributed by atoms with Gasteiger partial charge in [-0.05, 0) is 31.7 Å². The van der Waals surface area contributed by atoms with E-state index < -0.39 is 10.0 Å². The third-order valence-electron chi connectivity index (χ3n) is 5.39. The molecule has 0 bridgehead atoms. The molecule has 0 amide bonds. The second-order valence-corrected chi connectivity index (χ2v) is 8.88. The molecule has 3 fully saturated rings. The summed E-state index contributed by atoms with van der Waals surface area (Å²) in [6, 6.07) is 0.619. The predicted octanol–water partition coefficient (Wildman–Crippen LogP) is 1.30. The van der Waals surface area contributed by atoms with E-state index in [9.17, 15) is 8.42 Å². The van der Waals surface area contributed by atoms with Crippen molar-refractivity contribution in [2.24, 2.45) is 5.92 Å². The minimum absolute atomic E-state index is 0. The third-order valence-corrected chi connectivity index (χ3v) is 7.43. The van der Waals surface area contributed by atoms with Crippen molar-refractivity contribution < 1.29 is 8.42 Å². The molecule has 1 aliphatic carbocycles. The van der Waals surface area contributed by atoms with Crippen LogP contribution in [0.4, 0.5) is 0 Å². The molecule has 0 radical (unpaired) electrons. The van der Waals surface area contributed by atoms with Crippen LogP contribution in [0.1, 0.15) is 38.5 Å². The molecule has 1 unspecified atom stereocenters. The van der Waals surface area contributed by atoms with E-state index in [1.165, 1.54) is 25.7 Å². The average Bonchev–Trinajstić information content (AvgIpc) is 3.02. The molecule has 2 heterocycles. The number of nitrogens with one attached hydrogen (secondary N) is 1. The van der Waals surface area contributed by atoms with Crippen LogP contribution in [0.15, 0.2) is 0 Å². The fourth-order valence-electron chi connectivity index (χ4n) is 4.06. The molecule has 1 saturated carbocycles. The van der Waals surface area contributed by atoms with Crippen LogP contribution in [0.5, 0.6) is 0 Å². The Bertz CT molecular complexity index is 426. The summed E-state index contributed by atoms with van der Waals surface area (Å²) in [6.45, 7) is 5.34. The second kappa shape index (κ2) is 8.29. The van der Waals surface area contributed by atoms with Crippen LogP contribution < -0.4 is 5.32 Å². The lowest BCUT2D eigenvalue weighted by Crippen LogP contribution is -2.53. The van der Waals surface area contributed by atoms with E-state index in [1.807, 2.05) is 0 Å². The van der Waals surface area contributed by atoms with Crippen molar-refractivity contribution in [1.82, 2.24) is 14.5 Å². The van der Waals surface area contributed by atoms with Crippen molar-refractivity contribution in [3.05, 3.63) is 0 Å². The Labute approximate surface area is 141 Å². The molecular formula is C15H30ClN3O2S. The maximum absolute atomic E-state index is 12.6. The second-order valence-electron chi connectivity index (χ2n) is 6.86. The number of sulfonamides is 1. The number of nitrogens with zero attached hydrogens (tertiary/aromatic N) is 2. The van der Waals surface area contributed by atoms with Gasteiger partial charge in [-0.15, -0.1) is 12.4 Å². The summed E-state index contributed by atoms with van der Waals surface area (Å²) in [4.78, 5) is 2.46. The highest BCUT2D eigenvalue weighted by molar-refractivity contribution is 7.89. The van der Waals surface area contributed by atoms with E-state index in [4.69, 9.17) is 0 Å². The molecule has 2 saturated heterocycles. The van der Waals surface area contributed by atoms with Crippen molar-refractivity contribution in [2.45, 2.75) is 44.6 Å². The minimum Gasteiger partial charge on any atom is -0.315 e. The van der Waals surface area contributed by atoms with Crippen LogP contribution >= 0.6 is 12.4 Å². The number of piperazine rings is 1. The summed E-state index contributed by atoms with van der Waals surface area (Å²) in [7, 11) is -3.04. The molecule has 22 heavy (non-hydrogen) atoms. The van der Waals surface area contributed by atoms with E-state index in [0.717, 1.165) is 39.0 Å². The van der Waals surface area contributed by atoms with Gasteiger partial charge in [0.05, 0.1) is 5.75 Å². The molecule has 1 atom stereocenters. The number of hydrogen-bond acceptors (Lipinski definition) is 4. The molecule has 2 aliphatic heterocycles. The van der Waals surface area contributed by atoms with Gasteiger partial charge in [0.25, 0.3) is 0 Å². The van der Waals surface area contributed by atoms with Crippen molar-refractivity contribution in [3.8, 4) is 0 Å². The quantitative estimate of drug-likeness (QED) is 0.829. The van der Waals surface area contributed by atoms with Crippen LogP contribution in [0.3, 0.4) is 0 Å².